The number of halogens is 1. The van der Waals surface area contributed by atoms with Gasteiger partial charge in [0, 0.05) is 0 Å². The molecule has 0 fully saturated rings. The van der Waals surface area contributed by atoms with Crippen LogP contribution < -0.4 is 0 Å². The van der Waals surface area contributed by atoms with Gasteiger partial charge >= 0.3 is 11.9 Å². The number of aromatic nitrogens is 2. The van der Waals surface area contributed by atoms with E-state index >= 15 is 0 Å². The van der Waals surface area contributed by atoms with E-state index in [9.17, 15) is 9.59 Å². The van der Waals surface area contributed by atoms with Crippen molar-refractivity contribution in [2.24, 2.45) is 0 Å². The maximum atomic E-state index is 12.3. The number of carbonyl (C=O) groups excluding carboxylic acids is 2. The Labute approximate surface area is 170 Å². The number of hydrogen-bond donors (Lipinski definition) is 0. The minimum absolute atomic E-state index is 0.0889. The first kappa shape index (κ1) is 23.1. The first-order chi connectivity index (χ1) is 12.0. The Balaban J connectivity index is 3.07. The summed E-state index contributed by atoms with van der Waals surface area (Å²) in [4.78, 5) is 24.4. The second-order valence-corrected chi connectivity index (χ2v) is 13.2. The zero-order chi connectivity index (χ0) is 20.1. The average Bonchev–Trinajstić information content (AvgIpc) is 2.83. The summed E-state index contributed by atoms with van der Waals surface area (Å²) in [6.07, 6.45) is 0. The van der Waals surface area contributed by atoms with Gasteiger partial charge in [-0.25, -0.2) is 9.59 Å². The summed E-state index contributed by atoms with van der Waals surface area (Å²) in [5, 5.41) is 4.37. The highest BCUT2D eigenvalue weighted by Gasteiger charge is 2.37. The van der Waals surface area contributed by atoms with E-state index in [1.54, 1.807) is 13.8 Å². The number of rotatable bonds is 8. The third-order valence-electron chi connectivity index (χ3n) is 4.40. The van der Waals surface area contributed by atoms with Crippen LogP contribution in [0.5, 0.6) is 0 Å². The Morgan fingerprint density at radius 3 is 2.15 bits per heavy atom. The molecule has 0 bridgehead atoms. The predicted molar refractivity (Wildman–Crippen MR) is 110 cm³/mol. The van der Waals surface area contributed by atoms with E-state index in [4.69, 9.17) is 13.9 Å². The predicted octanol–water partition coefficient (Wildman–Crippen LogP) is 3.86. The first-order valence-corrected chi connectivity index (χ1v) is 12.7. The molecule has 9 heteroatoms. The van der Waals surface area contributed by atoms with Crippen LogP contribution in [0, 0.1) is 3.57 Å². The van der Waals surface area contributed by atoms with Crippen molar-refractivity contribution in [1.29, 1.82) is 0 Å². The van der Waals surface area contributed by atoms with Gasteiger partial charge in [-0.2, -0.15) is 5.10 Å². The zero-order valence-electron chi connectivity index (χ0n) is 16.6. The van der Waals surface area contributed by atoms with Crippen LogP contribution in [0.3, 0.4) is 0 Å². The van der Waals surface area contributed by atoms with Crippen molar-refractivity contribution in [2.45, 2.75) is 59.3 Å². The van der Waals surface area contributed by atoms with Crippen LogP contribution >= 0.6 is 22.6 Å². The molecule has 0 aliphatic carbocycles. The number of nitrogens with zero attached hydrogens (tertiary/aromatic N) is 2. The van der Waals surface area contributed by atoms with Crippen molar-refractivity contribution in [2.75, 3.05) is 19.8 Å². The first-order valence-electron chi connectivity index (χ1n) is 8.70. The summed E-state index contributed by atoms with van der Waals surface area (Å²) in [6.45, 7) is 15.5. The van der Waals surface area contributed by atoms with Gasteiger partial charge in [-0.1, -0.05) is 20.8 Å². The van der Waals surface area contributed by atoms with Gasteiger partial charge < -0.3 is 13.9 Å². The molecule has 0 aliphatic heterocycles. The minimum Gasteiger partial charge on any atom is -0.461 e. The Kier molecular flexibility index (Phi) is 8.27. The third kappa shape index (κ3) is 5.53. The highest BCUT2D eigenvalue weighted by molar-refractivity contribution is 14.1. The maximum absolute atomic E-state index is 12.3. The minimum atomic E-state index is -1.91. The van der Waals surface area contributed by atoms with Crippen molar-refractivity contribution in [3.05, 3.63) is 15.0 Å². The number of esters is 2. The van der Waals surface area contributed by atoms with Crippen molar-refractivity contribution in [3.8, 4) is 0 Å². The van der Waals surface area contributed by atoms with E-state index in [0.717, 1.165) is 0 Å². The van der Waals surface area contributed by atoms with E-state index in [2.05, 4.69) is 39.0 Å². The Bertz CT molecular complexity index is 652. The molecule has 0 aromatic carbocycles. The van der Waals surface area contributed by atoms with Gasteiger partial charge in [-0.3, -0.25) is 4.68 Å². The summed E-state index contributed by atoms with van der Waals surface area (Å²) in [7, 11) is -1.91. The lowest BCUT2D eigenvalue weighted by atomic mass is 10.2. The molecule has 1 aromatic heterocycles. The molecule has 0 atom stereocenters. The fourth-order valence-corrected chi connectivity index (χ4v) is 3.79. The molecule has 0 amide bonds. The van der Waals surface area contributed by atoms with Gasteiger partial charge in [-0.15, -0.1) is 0 Å². The van der Waals surface area contributed by atoms with Crippen LogP contribution in [0.15, 0.2) is 0 Å². The molecular formula is C17H29IN2O5Si. The highest BCUT2D eigenvalue weighted by atomic mass is 127. The summed E-state index contributed by atoms with van der Waals surface area (Å²) in [5.41, 5.74) is 0.386. The molecule has 26 heavy (non-hydrogen) atoms. The summed E-state index contributed by atoms with van der Waals surface area (Å²) in [6, 6.07) is 0. The fourth-order valence-electron chi connectivity index (χ4n) is 1.93. The van der Waals surface area contributed by atoms with Crippen LogP contribution in [0.4, 0.5) is 0 Å². The Hall–Kier alpha value is -0.943. The van der Waals surface area contributed by atoms with Gasteiger partial charge in [0.15, 0.2) is 19.7 Å². The molecule has 0 radical (unpaired) electrons. The molecule has 0 spiro atoms. The maximum Gasteiger partial charge on any atom is 0.359 e. The molecule has 1 rings (SSSR count). The van der Waals surface area contributed by atoms with Gasteiger partial charge in [-0.05, 0) is 54.6 Å². The van der Waals surface area contributed by atoms with Crippen LogP contribution in [0.25, 0.3) is 0 Å². The van der Waals surface area contributed by atoms with Crippen molar-refractivity contribution < 1.29 is 23.5 Å². The van der Waals surface area contributed by atoms with E-state index in [1.807, 2.05) is 22.6 Å². The van der Waals surface area contributed by atoms with Gasteiger partial charge in [0.1, 0.15) is 0 Å². The molecule has 1 aromatic rings. The number of carbonyl (C=O) groups is 2. The van der Waals surface area contributed by atoms with E-state index < -0.39 is 20.3 Å². The van der Waals surface area contributed by atoms with Gasteiger partial charge in [0.25, 0.3) is 0 Å². The van der Waals surface area contributed by atoms with Crippen LogP contribution in [0.1, 0.15) is 55.6 Å². The molecule has 0 saturated heterocycles. The Morgan fingerprint density at radius 2 is 1.65 bits per heavy atom. The van der Waals surface area contributed by atoms with E-state index in [-0.39, 0.29) is 29.6 Å². The summed E-state index contributed by atoms with van der Waals surface area (Å²) in [5.74, 6) is -1.06. The second-order valence-electron chi connectivity index (χ2n) is 7.28. The quantitative estimate of drug-likeness (QED) is 0.309. The van der Waals surface area contributed by atoms with Crippen molar-refractivity contribution in [1.82, 2.24) is 9.78 Å². The Morgan fingerprint density at radius 1 is 1.12 bits per heavy atom. The molecule has 0 N–H and O–H groups in total. The van der Waals surface area contributed by atoms with Crippen LogP contribution in [0.2, 0.25) is 18.1 Å². The molecule has 7 nitrogen and oxygen atoms in total. The lowest BCUT2D eigenvalue weighted by molar-refractivity contribution is 0.0504. The lowest BCUT2D eigenvalue weighted by Gasteiger charge is -2.36. The largest absolute Gasteiger partial charge is 0.461 e. The number of ether oxygens (including phenoxy) is 2. The average molecular weight is 496 g/mol. The van der Waals surface area contributed by atoms with Crippen LogP contribution in [-0.2, 0) is 20.4 Å². The smallest absolute Gasteiger partial charge is 0.359 e. The fraction of sp³-hybridized carbons (Fsp3) is 0.706. The lowest BCUT2D eigenvalue weighted by Crippen LogP contribution is -2.41. The normalized spacial score (nSPS) is 12.2. The number of hydrogen-bond acceptors (Lipinski definition) is 6. The summed E-state index contributed by atoms with van der Waals surface area (Å²) < 4.78 is 18.2. The monoisotopic (exact) mass is 496 g/mol. The molecule has 1 heterocycles. The summed E-state index contributed by atoms with van der Waals surface area (Å²) >= 11 is 1.94. The molecule has 0 unspecified atom stereocenters. The topological polar surface area (TPSA) is 79.6 Å². The highest BCUT2D eigenvalue weighted by Crippen LogP contribution is 2.36. The SMILES string of the molecule is CCOC(=O)c1nn(CCO[Si](C)(C)C(C)(C)C)c(C(=O)OCC)c1I. The van der Waals surface area contributed by atoms with Gasteiger partial charge in [0.05, 0.1) is 29.9 Å². The van der Waals surface area contributed by atoms with Crippen molar-refractivity contribution >= 4 is 42.8 Å². The van der Waals surface area contributed by atoms with E-state index in [0.29, 0.717) is 16.7 Å². The molecule has 0 aliphatic rings. The molecule has 0 saturated carbocycles. The van der Waals surface area contributed by atoms with Crippen molar-refractivity contribution in [3.63, 3.8) is 0 Å². The second kappa shape index (κ2) is 9.31. The zero-order valence-corrected chi connectivity index (χ0v) is 19.8. The standard InChI is InChI=1S/C17H29IN2O5Si/c1-8-23-15(21)13-12(18)14(16(22)24-9-2)20(19-13)10-11-25-26(6,7)17(3,4)5/h8-11H2,1-7H3. The van der Waals surface area contributed by atoms with Gasteiger partial charge in [0.2, 0.25) is 0 Å². The van der Waals surface area contributed by atoms with E-state index in [1.165, 1.54) is 4.68 Å². The molecule has 148 valence electrons. The van der Waals surface area contributed by atoms with Crippen LogP contribution in [-0.4, -0.2) is 49.9 Å². The molecular weight excluding hydrogens is 467 g/mol. The third-order valence-corrected chi connectivity index (χ3v) is 9.96.